The lowest BCUT2D eigenvalue weighted by molar-refractivity contribution is -1.63. The third-order valence-corrected chi connectivity index (χ3v) is 1.90. The van der Waals surface area contributed by atoms with Gasteiger partial charge >= 0.3 is 17.9 Å². The Bertz CT molecular complexity index is 282. The Morgan fingerprint density at radius 3 is 1.62 bits per heavy atom. The molecule has 9 nitrogen and oxygen atoms in total. The Labute approximate surface area is 91.3 Å². The van der Waals surface area contributed by atoms with Gasteiger partial charge in [-0.2, -0.15) is 0 Å². The van der Waals surface area contributed by atoms with Crippen LogP contribution in [0.25, 0.3) is 0 Å². The minimum atomic E-state index is -3.00. The number of aliphatic carboxylic acids is 3. The second-order valence-electron chi connectivity index (χ2n) is 2.71. The van der Waals surface area contributed by atoms with Crippen LogP contribution in [0.5, 0.6) is 0 Å². The van der Waals surface area contributed by atoms with Crippen LogP contribution in [0.3, 0.4) is 0 Å². The van der Waals surface area contributed by atoms with Gasteiger partial charge in [0, 0.05) is 4.29 Å². The fourth-order valence-electron chi connectivity index (χ4n) is 0.910. The van der Waals surface area contributed by atoms with Gasteiger partial charge in [0.2, 0.25) is 0 Å². The average molecular weight is 259 g/mol. The number of halogens is 1. The lowest BCUT2D eigenvalue weighted by atomic mass is 9.96. The van der Waals surface area contributed by atoms with Gasteiger partial charge in [0.05, 0.1) is 12.8 Å². The molecule has 0 atom stereocenters. The molecule has 0 aliphatic rings. The summed E-state index contributed by atoms with van der Waals surface area (Å²) in [7, 11) is -3.00. The fraction of sp³-hybridized carbons (Fsp3) is 0.500. The molecule has 0 fully saturated rings. The molecule has 0 aliphatic heterocycles. The van der Waals surface area contributed by atoms with E-state index in [9.17, 15) is 23.7 Å². The zero-order chi connectivity index (χ0) is 12.9. The van der Waals surface area contributed by atoms with E-state index < -0.39 is 47.1 Å². The SMILES string of the molecule is O=C(O)CC(CC(=O)O)(O[Cl+2]([O-])[O-])C(=O)O. The normalized spacial score (nSPS) is 11.4. The number of carbonyl (C=O) groups is 3. The van der Waals surface area contributed by atoms with Crippen molar-refractivity contribution in [3.8, 4) is 0 Å². The summed E-state index contributed by atoms with van der Waals surface area (Å²) >= 11 is 0. The van der Waals surface area contributed by atoms with Crippen molar-refractivity contribution in [1.82, 2.24) is 0 Å². The van der Waals surface area contributed by atoms with E-state index in [0.717, 1.165) is 0 Å². The van der Waals surface area contributed by atoms with Crippen LogP contribution in [0.15, 0.2) is 0 Å². The molecule has 92 valence electrons. The van der Waals surface area contributed by atoms with Crippen LogP contribution in [-0.2, 0) is 18.7 Å². The predicted molar refractivity (Wildman–Crippen MR) is 36.0 cm³/mol. The van der Waals surface area contributed by atoms with Gasteiger partial charge in [-0.1, -0.05) is 0 Å². The highest BCUT2D eigenvalue weighted by Gasteiger charge is 2.53. The number of hydrogen-bond donors (Lipinski definition) is 3. The van der Waals surface area contributed by atoms with Crippen molar-refractivity contribution < 1.29 is 54.1 Å². The van der Waals surface area contributed by atoms with Crippen LogP contribution in [0, 0.1) is 10.8 Å². The molecular weight excluding hydrogens is 252 g/mol. The molecule has 10 heteroatoms. The molecule has 0 rings (SSSR count). The van der Waals surface area contributed by atoms with Crippen molar-refractivity contribution in [2.45, 2.75) is 18.4 Å². The molecule has 0 aromatic heterocycles. The van der Waals surface area contributed by atoms with Crippen molar-refractivity contribution in [1.29, 1.82) is 0 Å². The molecule has 16 heavy (non-hydrogen) atoms. The van der Waals surface area contributed by atoms with Crippen LogP contribution < -0.4 is 9.32 Å². The first-order valence-corrected chi connectivity index (χ1v) is 4.54. The molecule has 0 unspecified atom stereocenters. The van der Waals surface area contributed by atoms with E-state index in [0.29, 0.717) is 0 Å². The summed E-state index contributed by atoms with van der Waals surface area (Å²) in [6.45, 7) is 0. The first-order valence-electron chi connectivity index (χ1n) is 3.61. The first kappa shape index (κ1) is 14.6. The quantitative estimate of drug-likeness (QED) is 0.427. The minimum Gasteiger partial charge on any atom is -0.481 e. The molecule has 0 amide bonds. The minimum absolute atomic E-state index is 1.30. The van der Waals surface area contributed by atoms with E-state index in [2.05, 4.69) is 4.29 Å². The maximum absolute atomic E-state index is 10.7. The maximum Gasteiger partial charge on any atom is 0.348 e. The fourth-order valence-corrected chi connectivity index (χ4v) is 1.33. The summed E-state index contributed by atoms with van der Waals surface area (Å²) in [5.41, 5.74) is -2.85. The maximum atomic E-state index is 10.7. The van der Waals surface area contributed by atoms with Gasteiger partial charge in [0.1, 0.15) is 0 Å². The number of hydrogen-bond acceptors (Lipinski definition) is 6. The van der Waals surface area contributed by atoms with Crippen molar-refractivity contribution in [3.63, 3.8) is 0 Å². The van der Waals surface area contributed by atoms with Gasteiger partial charge in [0.25, 0.3) is 16.4 Å². The molecule has 0 aliphatic carbocycles. The second-order valence-corrected chi connectivity index (χ2v) is 3.24. The molecule has 0 spiro atoms. The van der Waals surface area contributed by atoms with Gasteiger partial charge in [-0.15, -0.1) is 0 Å². The Kier molecular flexibility index (Phi) is 5.11. The molecule has 0 saturated carbocycles. The number of rotatable bonds is 7. The van der Waals surface area contributed by atoms with Gasteiger partial charge in [0.15, 0.2) is 0 Å². The van der Waals surface area contributed by atoms with E-state index in [1.807, 2.05) is 0 Å². The molecule has 0 saturated heterocycles. The Morgan fingerprint density at radius 1 is 1.06 bits per heavy atom. The summed E-state index contributed by atoms with van der Waals surface area (Å²) in [5, 5.41) is 25.4. The standard InChI is InChI=1S/C6H7ClO9/c8-3(9)1-6(5(12)13,2-4(10)11)16-7(14)15/h1-2H2,(H,8,9)(H,10,11)(H,12,13). The zero-order valence-electron chi connectivity index (χ0n) is 7.58. The van der Waals surface area contributed by atoms with E-state index in [4.69, 9.17) is 15.3 Å². The van der Waals surface area contributed by atoms with Crippen LogP contribution in [-0.4, -0.2) is 38.8 Å². The third kappa shape index (κ3) is 4.40. The summed E-state index contributed by atoms with van der Waals surface area (Å²) in [6.07, 6.45) is -2.60. The third-order valence-electron chi connectivity index (χ3n) is 1.47. The Balaban J connectivity index is 5.11. The second kappa shape index (κ2) is 5.61. The van der Waals surface area contributed by atoms with Gasteiger partial charge < -0.3 is 24.6 Å². The Hall–Kier alpha value is -1.42. The van der Waals surface area contributed by atoms with E-state index in [-0.39, 0.29) is 0 Å². The molecule has 3 N–H and O–H groups in total. The molecule has 0 bridgehead atoms. The lowest BCUT2D eigenvalue weighted by Crippen LogP contribution is -2.51. The average Bonchev–Trinajstić information content (AvgIpc) is 1.98. The highest BCUT2D eigenvalue weighted by molar-refractivity contribution is 5.88. The molecule has 0 aromatic rings. The molecular formula is C6H7ClO9. The zero-order valence-corrected chi connectivity index (χ0v) is 8.34. The summed E-state index contributed by atoms with van der Waals surface area (Å²) in [4.78, 5) is 31.4. The molecule has 0 heterocycles. The topological polar surface area (TPSA) is 167 Å². The van der Waals surface area contributed by atoms with Gasteiger partial charge in [-0.25, -0.2) is 4.79 Å². The summed E-state index contributed by atoms with van der Waals surface area (Å²) < 4.78 is 24.2. The monoisotopic (exact) mass is 258 g/mol. The predicted octanol–water partition coefficient (Wildman–Crippen LogP) is -3.14. The first-order chi connectivity index (χ1) is 7.19. The van der Waals surface area contributed by atoms with Gasteiger partial charge in [-0.3, -0.25) is 9.59 Å². The van der Waals surface area contributed by atoms with Crippen LogP contribution in [0.1, 0.15) is 12.8 Å². The van der Waals surface area contributed by atoms with E-state index in [1.165, 1.54) is 0 Å². The van der Waals surface area contributed by atoms with Crippen molar-refractivity contribution in [2.24, 2.45) is 0 Å². The molecule has 0 aromatic carbocycles. The smallest absolute Gasteiger partial charge is 0.348 e. The van der Waals surface area contributed by atoms with Crippen LogP contribution in [0.2, 0.25) is 0 Å². The van der Waals surface area contributed by atoms with E-state index in [1.54, 1.807) is 0 Å². The van der Waals surface area contributed by atoms with Crippen molar-refractivity contribution in [2.75, 3.05) is 0 Å². The largest absolute Gasteiger partial charge is 0.481 e. The van der Waals surface area contributed by atoms with Gasteiger partial charge in [-0.05, 0) is 0 Å². The molecule has 0 radical (unpaired) electrons. The number of carboxylic acids is 3. The highest BCUT2D eigenvalue weighted by atomic mass is 35.6. The summed E-state index contributed by atoms with van der Waals surface area (Å²) in [5.74, 6) is -5.41. The highest BCUT2D eigenvalue weighted by Crippen LogP contribution is 2.22. The number of carboxylic acid groups (broad SMARTS) is 3. The Morgan fingerprint density at radius 2 is 1.44 bits per heavy atom. The van der Waals surface area contributed by atoms with Crippen molar-refractivity contribution in [3.05, 3.63) is 0 Å². The van der Waals surface area contributed by atoms with E-state index >= 15 is 0 Å². The van der Waals surface area contributed by atoms with Crippen LogP contribution in [0.4, 0.5) is 0 Å². The van der Waals surface area contributed by atoms with Crippen LogP contribution >= 0.6 is 0 Å². The lowest BCUT2D eigenvalue weighted by Gasteiger charge is -2.17. The van der Waals surface area contributed by atoms with Crippen molar-refractivity contribution >= 4 is 17.9 Å². The summed E-state index contributed by atoms with van der Waals surface area (Å²) in [6, 6.07) is 0.